The topological polar surface area (TPSA) is 45.6 Å². The average Bonchev–Trinajstić information content (AvgIpc) is 3.23. The molecule has 0 aromatic heterocycles. The summed E-state index contributed by atoms with van der Waals surface area (Å²) in [5.74, 6) is 2.58. The van der Waals surface area contributed by atoms with Crippen LogP contribution in [0.15, 0.2) is 63.3 Å². The second kappa shape index (κ2) is 9.18. The molecule has 1 aliphatic carbocycles. The third-order valence-corrected chi connectivity index (χ3v) is 6.08. The van der Waals surface area contributed by atoms with E-state index < -0.39 is 0 Å². The fraction of sp³-hybridized carbons (Fsp3) is 0.409. The molecule has 0 spiro atoms. The lowest BCUT2D eigenvalue weighted by atomic mass is 9.90. The van der Waals surface area contributed by atoms with E-state index in [1.54, 1.807) is 11.8 Å². The minimum atomic E-state index is 0.741. The summed E-state index contributed by atoms with van der Waals surface area (Å²) in [6.07, 6.45) is 6.76. The van der Waals surface area contributed by atoms with E-state index >= 15 is 0 Å². The van der Waals surface area contributed by atoms with Gasteiger partial charge < -0.3 is 15.4 Å². The van der Waals surface area contributed by atoms with Crippen molar-refractivity contribution in [3.8, 4) is 5.75 Å². The first kappa shape index (κ1) is 18.2. The first-order valence-electron chi connectivity index (χ1n) is 9.91. The molecule has 4 nitrogen and oxygen atoms in total. The predicted molar refractivity (Wildman–Crippen MR) is 113 cm³/mol. The van der Waals surface area contributed by atoms with Gasteiger partial charge in [-0.1, -0.05) is 31.0 Å². The van der Waals surface area contributed by atoms with Crippen LogP contribution in [-0.4, -0.2) is 25.7 Å². The van der Waals surface area contributed by atoms with Crippen molar-refractivity contribution in [2.75, 3.05) is 25.0 Å². The zero-order valence-corrected chi connectivity index (χ0v) is 16.4. The van der Waals surface area contributed by atoms with Gasteiger partial charge in [-0.15, -0.1) is 0 Å². The lowest BCUT2D eigenvalue weighted by Crippen LogP contribution is -2.26. The summed E-state index contributed by atoms with van der Waals surface area (Å²) in [7, 11) is 0. The van der Waals surface area contributed by atoms with Crippen molar-refractivity contribution in [3.05, 3.63) is 48.5 Å². The molecule has 0 atom stereocenters. The Hall–Kier alpha value is -2.14. The monoisotopic (exact) mass is 381 g/mol. The molecule has 0 bridgehead atoms. The number of hydrogen-bond acceptors (Lipinski definition) is 5. The van der Waals surface area contributed by atoms with Crippen LogP contribution in [0.1, 0.15) is 32.1 Å². The van der Waals surface area contributed by atoms with Gasteiger partial charge in [0, 0.05) is 22.0 Å². The largest absolute Gasteiger partial charge is 0.493 e. The summed E-state index contributed by atoms with van der Waals surface area (Å²) in [5, 5.41) is 6.51. The number of nitrogens with zero attached hydrogens (tertiary/aromatic N) is 1. The zero-order valence-electron chi connectivity index (χ0n) is 15.6. The molecule has 1 saturated carbocycles. The van der Waals surface area contributed by atoms with E-state index in [4.69, 9.17) is 4.74 Å². The van der Waals surface area contributed by atoms with Crippen LogP contribution in [0, 0.1) is 5.92 Å². The lowest BCUT2D eigenvalue weighted by molar-refractivity contribution is 0.209. The Kier molecular flexibility index (Phi) is 6.20. The third kappa shape index (κ3) is 5.42. The highest BCUT2D eigenvalue weighted by atomic mass is 32.2. The van der Waals surface area contributed by atoms with Crippen molar-refractivity contribution in [1.82, 2.24) is 5.32 Å². The van der Waals surface area contributed by atoms with Gasteiger partial charge in [-0.3, -0.25) is 4.99 Å². The van der Waals surface area contributed by atoms with Crippen LogP contribution in [0.25, 0.3) is 0 Å². The summed E-state index contributed by atoms with van der Waals surface area (Å²) in [6.45, 7) is 2.62. The first-order chi connectivity index (χ1) is 13.3. The van der Waals surface area contributed by atoms with Crippen LogP contribution in [0.5, 0.6) is 5.75 Å². The average molecular weight is 382 g/mol. The van der Waals surface area contributed by atoms with Gasteiger partial charge in [0.15, 0.2) is 5.96 Å². The fourth-order valence-corrected chi connectivity index (χ4v) is 4.35. The van der Waals surface area contributed by atoms with Gasteiger partial charge in [0.2, 0.25) is 0 Å². The highest BCUT2D eigenvalue weighted by Crippen LogP contribution is 2.30. The fourth-order valence-electron chi connectivity index (χ4n) is 3.53. The lowest BCUT2D eigenvalue weighted by Gasteiger charge is -2.21. The number of hydrogen-bond donors (Lipinski definition) is 2. The number of benzene rings is 2. The van der Waals surface area contributed by atoms with Gasteiger partial charge >= 0.3 is 0 Å². The Morgan fingerprint density at radius 2 is 1.67 bits per heavy atom. The second-order valence-electron chi connectivity index (χ2n) is 7.19. The number of rotatable bonds is 6. The zero-order chi connectivity index (χ0) is 18.3. The molecule has 1 fully saturated rings. The highest BCUT2D eigenvalue weighted by Gasteiger charge is 2.13. The Morgan fingerprint density at radius 3 is 2.33 bits per heavy atom. The molecule has 27 heavy (non-hydrogen) atoms. The summed E-state index contributed by atoms with van der Waals surface area (Å²) < 4.78 is 6.00. The Morgan fingerprint density at radius 1 is 0.963 bits per heavy atom. The second-order valence-corrected chi connectivity index (χ2v) is 8.34. The van der Waals surface area contributed by atoms with Gasteiger partial charge in [-0.25, -0.2) is 0 Å². The van der Waals surface area contributed by atoms with E-state index in [1.165, 1.54) is 41.9 Å². The van der Waals surface area contributed by atoms with Crippen LogP contribution < -0.4 is 15.4 Å². The van der Waals surface area contributed by atoms with E-state index in [0.717, 1.165) is 43.0 Å². The van der Waals surface area contributed by atoms with Crippen molar-refractivity contribution in [1.29, 1.82) is 0 Å². The Bertz CT molecular complexity index is 752. The molecular weight excluding hydrogens is 354 g/mol. The maximum atomic E-state index is 6.00. The van der Waals surface area contributed by atoms with Crippen LogP contribution in [-0.2, 0) is 0 Å². The van der Waals surface area contributed by atoms with Gasteiger partial charge in [-0.05, 0) is 67.3 Å². The molecule has 0 amide bonds. The molecule has 2 aliphatic rings. The standard InChI is InChI=1S/C22H27N3OS/c1-2-4-17(5-3-1)16-26-19-8-12-21(13-9-19)27-20-10-6-18(7-11-20)25-22-23-14-15-24-22/h6-13,17H,1-5,14-16H2,(H2,23,24,25). The predicted octanol–water partition coefficient (Wildman–Crippen LogP) is 5.17. The molecule has 0 unspecified atom stereocenters. The number of aliphatic imine (C=N–C) groups is 1. The van der Waals surface area contributed by atoms with Gasteiger partial charge in [0.25, 0.3) is 0 Å². The van der Waals surface area contributed by atoms with Crippen molar-refractivity contribution in [3.63, 3.8) is 0 Å². The molecule has 4 rings (SSSR count). The third-order valence-electron chi connectivity index (χ3n) is 5.06. The number of anilines is 1. The summed E-state index contributed by atoms with van der Waals surface area (Å²) in [5.41, 5.74) is 1.05. The Balaban J connectivity index is 1.27. The maximum Gasteiger partial charge on any atom is 0.195 e. The van der Waals surface area contributed by atoms with Crippen molar-refractivity contribution < 1.29 is 4.74 Å². The van der Waals surface area contributed by atoms with Gasteiger partial charge in [0.1, 0.15) is 5.75 Å². The quantitative estimate of drug-likeness (QED) is 0.725. The SMILES string of the molecule is c1cc(Sc2ccc(OCC3CCCCC3)cc2)ccc1NC1=NCCN1. The summed E-state index contributed by atoms with van der Waals surface area (Å²) in [4.78, 5) is 6.80. The van der Waals surface area contributed by atoms with Crippen molar-refractivity contribution in [2.24, 2.45) is 10.9 Å². The molecule has 0 radical (unpaired) electrons. The van der Waals surface area contributed by atoms with Crippen molar-refractivity contribution >= 4 is 23.4 Å². The van der Waals surface area contributed by atoms with E-state index in [-0.39, 0.29) is 0 Å². The first-order valence-corrected chi connectivity index (χ1v) is 10.7. The Labute approximate surface area is 165 Å². The van der Waals surface area contributed by atoms with Gasteiger partial charge in [0.05, 0.1) is 13.2 Å². The molecule has 2 aromatic carbocycles. The normalized spacial score (nSPS) is 17.3. The van der Waals surface area contributed by atoms with Gasteiger partial charge in [-0.2, -0.15) is 0 Å². The van der Waals surface area contributed by atoms with Crippen molar-refractivity contribution in [2.45, 2.75) is 41.9 Å². The molecule has 2 N–H and O–H groups in total. The molecule has 142 valence electrons. The molecule has 1 aliphatic heterocycles. The van der Waals surface area contributed by atoms with Crippen LogP contribution in [0.4, 0.5) is 5.69 Å². The van der Waals surface area contributed by atoms with E-state index in [2.05, 4.69) is 64.2 Å². The molecule has 1 heterocycles. The van der Waals surface area contributed by atoms with Crippen LogP contribution >= 0.6 is 11.8 Å². The highest BCUT2D eigenvalue weighted by molar-refractivity contribution is 7.99. The van der Waals surface area contributed by atoms with E-state index in [1.807, 2.05) is 0 Å². The molecular formula is C22H27N3OS. The number of nitrogens with one attached hydrogen (secondary N) is 2. The summed E-state index contributed by atoms with van der Waals surface area (Å²) in [6, 6.07) is 16.9. The minimum absolute atomic E-state index is 0.741. The molecule has 5 heteroatoms. The van der Waals surface area contributed by atoms with E-state index in [0.29, 0.717) is 0 Å². The smallest absolute Gasteiger partial charge is 0.195 e. The number of ether oxygens (including phenoxy) is 1. The van der Waals surface area contributed by atoms with Crippen LogP contribution in [0.2, 0.25) is 0 Å². The molecule has 0 saturated heterocycles. The van der Waals surface area contributed by atoms with Crippen LogP contribution in [0.3, 0.4) is 0 Å². The minimum Gasteiger partial charge on any atom is -0.493 e. The number of guanidine groups is 1. The summed E-state index contributed by atoms with van der Waals surface area (Å²) >= 11 is 1.76. The molecule has 2 aromatic rings. The maximum absolute atomic E-state index is 6.00. The van der Waals surface area contributed by atoms with E-state index in [9.17, 15) is 0 Å².